The predicted molar refractivity (Wildman–Crippen MR) is 67.2 cm³/mol. The van der Waals surface area contributed by atoms with E-state index in [-0.39, 0.29) is 6.61 Å². The van der Waals surface area contributed by atoms with Crippen molar-refractivity contribution in [2.24, 2.45) is 0 Å². The summed E-state index contributed by atoms with van der Waals surface area (Å²) >= 11 is 0. The first-order valence-corrected chi connectivity index (χ1v) is 6.93. The third-order valence-corrected chi connectivity index (χ3v) is 3.92. The maximum Gasteiger partial charge on any atom is 0.186 e. The van der Waals surface area contributed by atoms with Crippen molar-refractivity contribution in [1.29, 1.82) is 0 Å². The van der Waals surface area contributed by atoms with E-state index in [1.807, 2.05) is 0 Å². The van der Waals surface area contributed by atoms with Crippen molar-refractivity contribution in [1.82, 2.24) is 0 Å². The lowest BCUT2D eigenvalue weighted by molar-refractivity contribution is -0.322. The molecule has 10 atom stereocenters. The smallest absolute Gasteiger partial charge is 0.186 e. The number of aliphatic hydroxyl groups is 7. The van der Waals surface area contributed by atoms with Crippen molar-refractivity contribution in [2.75, 3.05) is 6.61 Å². The second kappa shape index (κ2) is 7.01. The quantitative estimate of drug-likeness (QED) is 0.269. The fraction of sp³-hybridized carbons (Fsp3) is 1.00. The zero-order valence-corrected chi connectivity index (χ0v) is 11.8. The molecule has 0 aliphatic carbocycles. The molecule has 10 heteroatoms. The van der Waals surface area contributed by atoms with E-state index >= 15 is 0 Å². The highest BCUT2D eigenvalue weighted by atomic mass is 16.7. The second-order valence-corrected chi connectivity index (χ2v) is 5.55. The summed E-state index contributed by atoms with van der Waals surface area (Å²) < 4.78 is 15.3. The van der Waals surface area contributed by atoms with Gasteiger partial charge < -0.3 is 50.0 Å². The molecule has 0 radical (unpaired) electrons. The summed E-state index contributed by atoms with van der Waals surface area (Å²) in [4.78, 5) is 0. The minimum Gasteiger partial charge on any atom is -0.388 e. The molecule has 0 unspecified atom stereocenters. The number of aliphatic hydroxyl groups excluding tert-OH is 7. The van der Waals surface area contributed by atoms with Crippen molar-refractivity contribution in [2.45, 2.75) is 68.3 Å². The van der Waals surface area contributed by atoms with Crippen LogP contribution in [-0.2, 0) is 14.2 Å². The Balaban J connectivity index is 1.92. The molecule has 0 spiro atoms. The normalized spacial score (nSPS) is 53.5. The van der Waals surface area contributed by atoms with Gasteiger partial charge in [-0.05, 0) is 6.92 Å². The monoisotopic (exact) mass is 326 g/mol. The van der Waals surface area contributed by atoms with Crippen molar-refractivity contribution in [3.63, 3.8) is 0 Å². The summed E-state index contributed by atoms with van der Waals surface area (Å²) in [6.45, 7) is 1.09. The second-order valence-electron chi connectivity index (χ2n) is 5.55. The molecule has 10 nitrogen and oxygen atoms in total. The van der Waals surface area contributed by atoms with Crippen LogP contribution in [0.4, 0.5) is 0 Å². The average molecular weight is 326 g/mol. The number of hydrogen-bond acceptors (Lipinski definition) is 10. The van der Waals surface area contributed by atoms with Gasteiger partial charge in [-0.1, -0.05) is 0 Å². The Morgan fingerprint density at radius 3 is 1.95 bits per heavy atom. The lowest BCUT2D eigenvalue weighted by atomic mass is 9.99. The van der Waals surface area contributed by atoms with Gasteiger partial charge in [-0.25, -0.2) is 0 Å². The molecule has 0 aromatic rings. The van der Waals surface area contributed by atoms with E-state index in [1.54, 1.807) is 0 Å². The zero-order chi connectivity index (χ0) is 16.6. The van der Waals surface area contributed by atoms with E-state index in [4.69, 9.17) is 14.2 Å². The average Bonchev–Trinajstić information content (AvgIpc) is 2.49. The Morgan fingerprint density at radius 2 is 1.32 bits per heavy atom. The van der Waals surface area contributed by atoms with Crippen LogP contribution in [0.25, 0.3) is 0 Å². The van der Waals surface area contributed by atoms with E-state index in [0.717, 1.165) is 0 Å². The standard InChI is InChI=1S/C12H22O10/c1-3-5(13)7(15)10(18)12(21-3)20-2-4-6(14)8(16)9(17)11(19)22-4/h3-19H,2H2,1H3/t3-,4+,5+,6-,7+,8-,9+,10-,11+,12+/m0/s1. The van der Waals surface area contributed by atoms with E-state index in [2.05, 4.69) is 0 Å². The highest BCUT2D eigenvalue weighted by Gasteiger charge is 2.45. The minimum absolute atomic E-state index is 0.390. The molecule has 0 aromatic heterocycles. The summed E-state index contributed by atoms with van der Waals surface area (Å²) in [5, 5.41) is 67.0. The van der Waals surface area contributed by atoms with Gasteiger partial charge in [0.2, 0.25) is 0 Å². The van der Waals surface area contributed by atoms with Crippen LogP contribution in [0.5, 0.6) is 0 Å². The molecule has 2 heterocycles. The summed E-state index contributed by atoms with van der Waals surface area (Å²) in [5.41, 5.74) is 0. The largest absolute Gasteiger partial charge is 0.388 e. The topological polar surface area (TPSA) is 169 Å². The van der Waals surface area contributed by atoms with Crippen LogP contribution in [0, 0.1) is 0 Å². The van der Waals surface area contributed by atoms with Crippen LogP contribution in [0.1, 0.15) is 6.92 Å². The summed E-state index contributed by atoms with van der Waals surface area (Å²) in [6.07, 6.45) is -14.0. The third-order valence-electron chi connectivity index (χ3n) is 3.92. The first kappa shape index (κ1) is 17.9. The van der Waals surface area contributed by atoms with E-state index in [0.29, 0.717) is 0 Å². The van der Waals surface area contributed by atoms with E-state index in [9.17, 15) is 35.7 Å². The van der Waals surface area contributed by atoms with Crippen LogP contribution in [0.3, 0.4) is 0 Å². The number of rotatable bonds is 3. The van der Waals surface area contributed by atoms with Gasteiger partial charge >= 0.3 is 0 Å². The Bertz CT molecular complexity index is 334. The Labute approximate surface area is 126 Å². The van der Waals surface area contributed by atoms with Crippen molar-refractivity contribution in [3.8, 4) is 0 Å². The van der Waals surface area contributed by atoms with E-state index < -0.39 is 61.4 Å². The molecule has 2 aliphatic heterocycles. The molecular weight excluding hydrogens is 304 g/mol. The molecule has 2 aliphatic rings. The number of hydrogen-bond donors (Lipinski definition) is 7. The van der Waals surface area contributed by atoms with Gasteiger partial charge in [-0.3, -0.25) is 0 Å². The Morgan fingerprint density at radius 1 is 0.727 bits per heavy atom. The van der Waals surface area contributed by atoms with E-state index in [1.165, 1.54) is 6.92 Å². The molecule has 2 saturated heterocycles. The van der Waals surface area contributed by atoms with Gasteiger partial charge in [0.25, 0.3) is 0 Å². The summed E-state index contributed by atoms with van der Waals surface area (Å²) in [6, 6.07) is 0. The maximum absolute atomic E-state index is 9.76. The van der Waals surface area contributed by atoms with Gasteiger partial charge in [-0.15, -0.1) is 0 Å². The van der Waals surface area contributed by atoms with Crippen LogP contribution in [-0.4, -0.2) is 104 Å². The van der Waals surface area contributed by atoms with Crippen LogP contribution < -0.4 is 0 Å². The van der Waals surface area contributed by atoms with Gasteiger partial charge in [0.05, 0.1) is 12.7 Å². The lowest BCUT2D eigenvalue weighted by Crippen LogP contribution is -2.60. The molecule has 2 fully saturated rings. The van der Waals surface area contributed by atoms with Crippen molar-refractivity contribution < 1.29 is 50.0 Å². The van der Waals surface area contributed by atoms with Crippen molar-refractivity contribution >= 4 is 0 Å². The lowest BCUT2D eigenvalue weighted by Gasteiger charge is -2.41. The van der Waals surface area contributed by atoms with Crippen LogP contribution in [0.15, 0.2) is 0 Å². The first-order valence-electron chi connectivity index (χ1n) is 6.93. The SMILES string of the molecule is C[C@@H]1O[C@@H](OC[C@H]2O[C@@H](O)[C@H](O)[C@@H](O)[C@H]2O)[C@@H](O)[C@H](O)[C@@H]1O. The highest BCUT2D eigenvalue weighted by molar-refractivity contribution is 4.90. The molecule has 7 N–H and O–H groups in total. The highest BCUT2D eigenvalue weighted by Crippen LogP contribution is 2.24. The molecular formula is C12H22O10. The maximum atomic E-state index is 9.76. The molecule has 0 bridgehead atoms. The van der Waals surface area contributed by atoms with Crippen molar-refractivity contribution in [3.05, 3.63) is 0 Å². The molecule has 0 aromatic carbocycles. The fourth-order valence-electron chi connectivity index (χ4n) is 2.41. The van der Waals surface area contributed by atoms with Gasteiger partial charge in [0.1, 0.15) is 42.7 Å². The molecule has 2 rings (SSSR count). The predicted octanol–water partition coefficient (Wildman–Crippen LogP) is -4.37. The zero-order valence-electron chi connectivity index (χ0n) is 11.8. The summed E-state index contributed by atoms with van der Waals surface area (Å²) in [7, 11) is 0. The molecule has 0 amide bonds. The number of ether oxygens (including phenoxy) is 3. The summed E-state index contributed by atoms with van der Waals surface area (Å²) in [5.74, 6) is 0. The third kappa shape index (κ3) is 3.41. The first-order chi connectivity index (χ1) is 10.2. The molecule has 22 heavy (non-hydrogen) atoms. The molecule has 130 valence electrons. The minimum atomic E-state index is -1.70. The van der Waals surface area contributed by atoms with Gasteiger partial charge in [0, 0.05) is 0 Å². The van der Waals surface area contributed by atoms with Gasteiger partial charge in [-0.2, -0.15) is 0 Å². The van der Waals surface area contributed by atoms with Gasteiger partial charge in [0.15, 0.2) is 12.6 Å². The Hall–Kier alpha value is -0.400. The van der Waals surface area contributed by atoms with Crippen LogP contribution >= 0.6 is 0 Å². The fourth-order valence-corrected chi connectivity index (χ4v) is 2.41. The molecule has 0 saturated carbocycles. The van der Waals surface area contributed by atoms with Crippen LogP contribution in [0.2, 0.25) is 0 Å². The Kier molecular flexibility index (Phi) is 5.72.